The van der Waals surface area contributed by atoms with Crippen LogP contribution in [0.5, 0.6) is 0 Å². The Hall–Kier alpha value is -3.08. The predicted octanol–water partition coefficient (Wildman–Crippen LogP) is 6.05. The second-order valence-electron chi connectivity index (χ2n) is 9.19. The Morgan fingerprint density at radius 3 is 2.43 bits per heavy atom. The highest BCUT2D eigenvalue weighted by atomic mass is 32.2. The highest BCUT2D eigenvalue weighted by Gasteiger charge is 2.26. The van der Waals surface area contributed by atoms with Gasteiger partial charge in [0, 0.05) is 17.7 Å². The molecular weight excluding hydrogens is 458 g/mol. The average molecular weight is 490 g/mol. The van der Waals surface area contributed by atoms with Gasteiger partial charge in [0.25, 0.3) is 0 Å². The number of ether oxygens (including phenoxy) is 1. The fraction of sp³-hybridized carbons (Fsp3) is 0.393. The molecule has 0 radical (unpaired) electrons. The van der Waals surface area contributed by atoms with E-state index >= 15 is 0 Å². The topological polar surface area (TPSA) is 88.1 Å². The van der Waals surface area contributed by atoms with E-state index in [9.17, 15) is 10.1 Å². The summed E-state index contributed by atoms with van der Waals surface area (Å²) in [6.07, 6.45) is 4.18. The first-order chi connectivity index (χ1) is 17.0. The van der Waals surface area contributed by atoms with Crippen LogP contribution in [0.2, 0.25) is 0 Å². The van der Waals surface area contributed by atoms with Crippen LogP contribution in [-0.4, -0.2) is 39.8 Å². The van der Waals surface area contributed by atoms with Crippen LogP contribution in [0.3, 0.4) is 0 Å². The molecule has 1 heterocycles. The molecule has 35 heavy (non-hydrogen) atoms. The van der Waals surface area contributed by atoms with Gasteiger partial charge in [0.2, 0.25) is 0 Å². The zero-order valence-electron chi connectivity index (χ0n) is 20.0. The largest absolute Gasteiger partial charge is 0.480 e. The molecule has 1 fully saturated rings. The summed E-state index contributed by atoms with van der Waals surface area (Å²) in [5.74, 6) is 0.352. The van der Waals surface area contributed by atoms with Crippen molar-refractivity contribution in [1.82, 2.24) is 9.78 Å². The van der Waals surface area contributed by atoms with Crippen molar-refractivity contribution in [3.63, 3.8) is 0 Å². The summed E-state index contributed by atoms with van der Waals surface area (Å²) in [5, 5.41) is 24.3. The number of carboxylic acid groups (broad SMARTS) is 1. The smallest absolute Gasteiger partial charge is 0.329 e. The van der Waals surface area contributed by atoms with Crippen molar-refractivity contribution in [1.29, 1.82) is 5.26 Å². The van der Waals surface area contributed by atoms with E-state index in [0.717, 1.165) is 59.6 Å². The Morgan fingerprint density at radius 2 is 1.77 bits per heavy atom. The minimum Gasteiger partial charge on any atom is -0.480 e. The van der Waals surface area contributed by atoms with Gasteiger partial charge in [-0.1, -0.05) is 71.9 Å². The normalized spacial score (nSPS) is 17.7. The van der Waals surface area contributed by atoms with Crippen molar-refractivity contribution in [3.8, 4) is 28.5 Å². The number of aryl methyl sites for hydroxylation is 1. The first kappa shape index (κ1) is 25.0. The molecule has 6 nitrogen and oxygen atoms in total. The number of nitriles is 1. The SMILES string of the molecule is Cc1ccc(-c2nn(C[C@H]3CC[C@@H](COCC(=O)O)CC3)c(SCC#N)c2-c2ccccc2)cc1. The van der Waals surface area contributed by atoms with Gasteiger partial charge >= 0.3 is 5.97 Å². The molecule has 0 aliphatic heterocycles. The van der Waals surface area contributed by atoms with Gasteiger partial charge in [-0.2, -0.15) is 10.4 Å². The fourth-order valence-corrected chi connectivity index (χ4v) is 5.56. The summed E-state index contributed by atoms with van der Waals surface area (Å²) in [6, 6.07) is 21.1. The van der Waals surface area contributed by atoms with Gasteiger partial charge in [0.1, 0.15) is 17.3 Å². The van der Waals surface area contributed by atoms with Crippen molar-refractivity contribution in [2.75, 3.05) is 19.0 Å². The highest BCUT2D eigenvalue weighted by molar-refractivity contribution is 7.99. The van der Waals surface area contributed by atoms with Crippen LogP contribution in [0.1, 0.15) is 31.2 Å². The number of benzene rings is 2. The molecule has 0 atom stereocenters. The van der Waals surface area contributed by atoms with Gasteiger partial charge < -0.3 is 9.84 Å². The molecule has 0 saturated heterocycles. The average Bonchev–Trinajstić information content (AvgIpc) is 3.22. The number of hydrogen-bond acceptors (Lipinski definition) is 5. The second-order valence-corrected chi connectivity index (χ2v) is 10.1. The van der Waals surface area contributed by atoms with Crippen molar-refractivity contribution in [3.05, 3.63) is 60.2 Å². The second kappa shape index (κ2) is 12.1. The molecule has 1 aliphatic carbocycles. The van der Waals surface area contributed by atoms with E-state index in [1.165, 1.54) is 5.56 Å². The zero-order chi connectivity index (χ0) is 24.6. The summed E-state index contributed by atoms with van der Waals surface area (Å²) in [4.78, 5) is 10.7. The van der Waals surface area contributed by atoms with Crippen molar-refractivity contribution in [2.45, 2.75) is 44.2 Å². The molecule has 0 amide bonds. The fourth-order valence-electron chi connectivity index (χ4n) is 4.73. The maximum atomic E-state index is 10.7. The van der Waals surface area contributed by atoms with E-state index in [1.807, 2.05) is 18.2 Å². The standard InChI is InChI=1S/C28H31N3O3S/c1-20-7-13-24(14-8-20)27-26(23-5-3-2-4-6-23)28(35-16-15-29)31(30-27)17-21-9-11-22(12-10-21)18-34-19-25(32)33/h2-8,13-14,21-22H,9-12,16-19H2,1H3,(H,32,33)/t21-,22+. The molecule has 3 aromatic rings. The summed E-state index contributed by atoms with van der Waals surface area (Å²) in [6.45, 7) is 3.18. The number of aromatic nitrogens is 2. The van der Waals surface area contributed by atoms with E-state index in [0.29, 0.717) is 24.2 Å². The third-order valence-corrected chi connectivity index (χ3v) is 7.51. The van der Waals surface area contributed by atoms with E-state index in [4.69, 9.17) is 14.9 Å². The van der Waals surface area contributed by atoms with Crippen molar-refractivity contribution >= 4 is 17.7 Å². The zero-order valence-corrected chi connectivity index (χ0v) is 20.8. The molecule has 1 aromatic heterocycles. The molecule has 7 heteroatoms. The lowest BCUT2D eigenvalue weighted by Gasteiger charge is -2.28. The molecule has 1 saturated carbocycles. The molecule has 0 unspecified atom stereocenters. The Bertz CT molecular complexity index is 1160. The van der Waals surface area contributed by atoms with Crippen LogP contribution in [0.25, 0.3) is 22.4 Å². The lowest BCUT2D eigenvalue weighted by atomic mass is 9.82. The van der Waals surface area contributed by atoms with Gasteiger partial charge in [0.05, 0.1) is 18.4 Å². The quantitative estimate of drug-likeness (QED) is 0.349. The number of hydrogen-bond donors (Lipinski definition) is 1. The van der Waals surface area contributed by atoms with Crippen LogP contribution in [0.4, 0.5) is 0 Å². The van der Waals surface area contributed by atoms with Gasteiger partial charge in [0.15, 0.2) is 0 Å². The first-order valence-electron chi connectivity index (χ1n) is 12.1. The van der Waals surface area contributed by atoms with E-state index < -0.39 is 5.97 Å². The van der Waals surface area contributed by atoms with Gasteiger partial charge in [-0.05, 0) is 50.0 Å². The Kier molecular flexibility index (Phi) is 8.62. The van der Waals surface area contributed by atoms with Crippen molar-refractivity contribution in [2.24, 2.45) is 11.8 Å². The number of rotatable bonds is 10. The number of aliphatic carboxylic acids is 1. The molecule has 0 bridgehead atoms. The molecule has 2 aromatic carbocycles. The minimum atomic E-state index is -0.918. The minimum absolute atomic E-state index is 0.225. The van der Waals surface area contributed by atoms with Gasteiger partial charge in [-0.25, -0.2) is 4.79 Å². The summed E-state index contributed by atoms with van der Waals surface area (Å²) in [5.41, 5.74) is 5.43. The number of carboxylic acids is 1. The lowest BCUT2D eigenvalue weighted by Crippen LogP contribution is -2.23. The molecule has 4 rings (SSSR count). The Labute approximate surface area is 210 Å². The highest BCUT2D eigenvalue weighted by Crippen LogP contribution is 2.41. The summed E-state index contributed by atoms with van der Waals surface area (Å²) >= 11 is 1.55. The van der Waals surface area contributed by atoms with Gasteiger partial charge in [-0.15, -0.1) is 0 Å². The maximum absolute atomic E-state index is 10.7. The molecule has 0 spiro atoms. The van der Waals surface area contributed by atoms with Crippen molar-refractivity contribution < 1.29 is 14.6 Å². The lowest BCUT2D eigenvalue weighted by molar-refractivity contribution is -0.142. The third-order valence-electron chi connectivity index (χ3n) is 6.54. The van der Waals surface area contributed by atoms with E-state index in [-0.39, 0.29) is 6.61 Å². The third kappa shape index (κ3) is 6.53. The van der Waals surface area contributed by atoms with Crippen LogP contribution in [-0.2, 0) is 16.1 Å². The summed E-state index contributed by atoms with van der Waals surface area (Å²) in [7, 11) is 0. The van der Waals surface area contributed by atoms with Crippen LogP contribution >= 0.6 is 11.8 Å². The molecular formula is C28H31N3O3S. The van der Waals surface area contributed by atoms with E-state index in [1.54, 1.807) is 11.8 Å². The Balaban J connectivity index is 1.60. The predicted molar refractivity (Wildman–Crippen MR) is 138 cm³/mol. The first-order valence-corrected chi connectivity index (χ1v) is 13.1. The monoisotopic (exact) mass is 489 g/mol. The van der Waals surface area contributed by atoms with Crippen LogP contribution in [0.15, 0.2) is 59.6 Å². The van der Waals surface area contributed by atoms with Gasteiger partial charge in [-0.3, -0.25) is 4.68 Å². The number of thioether (sulfide) groups is 1. The molecule has 182 valence electrons. The van der Waals surface area contributed by atoms with Crippen LogP contribution in [0, 0.1) is 30.1 Å². The molecule has 1 N–H and O–H groups in total. The van der Waals surface area contributed by atoms with Crippen LogP contribution < -0.4 is 0 Å². The Morgan fingerprint density at radius 1 is 1.09 bits per heavy atom. The number of carbonyl (C=O) groups is 1. The summed E-state index contributed by atoms with van der Waals surface area (Å²) < 4.78 is 7.44. The van der Waals surface area contributed by atoms with E-state index in [2.05, 4.69) is 54.1 Å². The maximum Gasteiger partial charge on any atom is 0.329 e. The number of nitrogens with zero attached hydrogens (tertiary/aromatic N) is 3. The molecule has 1 aliphatic rings.